The van der Waals surface area contributed by atoms with E-state index < -0.39 is 0 Å². The molecule has 0 saturated carbocycles. The molecule has 30 heavy (non-hydrogen) atoms. The molecule has 0 unspecified atom stereocenters. The standard InChI is InChI=1S/C28H45NO/c1-3-4-5-6-7-8-9-10-11-12-13-14-15-16-17-18-19-20-21-22-23-24-25-26-27(2)28(29)30/h16-26H,3-15H2,1-2H3,(H2,29,30). The molecule has 2 heteroatoms. The zero-order chi connectivity index (χ0) is 22.1. The maximum absolute atomic E-state index is 10.8. The van der Waals surface area contributed by atoms with Crippen molar-refractivity contribution in [1.82, 2.24) is 0 Å². The molecule has 2 nitrogen and oxygen atoms in total. The Labute approximate surface area is 186 Å². The Bertz CT molecular complexity index is 575. The van der Waals surface area contributed by atoms with Crippen molar-refractivity contribution in [2.24, 2.45) is 5.73 Å². The average molecular weight is 412 g/mol. The summed E-state index contributed by atoms with van der Waals surface area (Å²) in [5.41, 5.74) is 5.70. The van der Waals surface area contributed by atoms with Crippen LogP contribution in [0.3, 0.4) is 0 Å². The van der Waals surface area contributed by atoms with Gasteiger partial charge in [0, 0.05) is 5.57 Å². The predicted octanol–water partition coefficient (Wildman–Crippen LogP) is 8.29. The first-order valence-corrected chi connectivity index (χ1v) is 12.0. The first kappa shape index (κ1) is 27.9. The summed E-state index contributed by atoms with van der Waals surface area (Å²) in [5, 5.41) is 0. The number of hydrogen-bond acceptors (Lipinski definition) is 1. The van der Waals surface area contributed by atoms with Crippen molar-refractivity contribution in [3.8, 4) is 0 Å². The lowest BCUT2D eigenvalue weighted by Gasteiger charge is -2.02. The van der Waals surface area contributed by atoms with Crippen molar-refractivity contribution in [2.45, 2.75) is 97.3 Å². The summed E-state index contributed by atoms with van der Waals surface area (Å²) in [5.74, 6) is -0.388. The van der Waals surface area contributed by atoms with Crippen molar-refractivity contribution in [3.63, 3.8) is 0 Å². The molecular weight excluding hydrogens is 366 g/mol. The Morgan fingerprint density at radius 3 is 1.47 bits per heavy atom. The van der Waals surface area contributed by atoms with Crippen LogP contribution in [0.15, 0.2) is 72.4 Å². The van der Waals surface area contributed by atoms with Gasteiger partial charge in [0.25, 0.3) is 0 Å². The number of primary amides is 1. The second-order valence-electron chi connectivity index (χ2n) is 7.86. The Kier molecular flexibility index (Phi) is 21.6. The molecule has 1 amide bonds. The van der Waals surface area contributed by atoms with E-state index in [4.69, 9.17) is 5.73 Å². The minimum absolute atomic E-state index is 0.388. The SMILES string of the molecule is CCCCCCCCCCCCCCC=CC=CC=CC=CC=CC=C(C)C(N)=O. The molecule has 2 N–H and O–H groups in total. The third-order valence-electron chi connectivity index (χ3n) is 4.98. The van der Waals surface area contributed by atoms with Gasteiger partial charge in [-0.1, -0.05) is 144 Å². The van der Waals surface area contributed by atoms with Crippen molar-refractivity contribution in [3.05, 3.63) is 72.4 Å². The maximum atomic E-state index is 10.8. The monoisotopic (exact) mass is 411 g/mol. The average Bonchev–Trinajstić information content (AvgIpc) is 2.74. The normalized spacial score (nSPS) is 13.2. The second-order valence-corrected chi connectivity index (χ2v) is 7.86. The molecule has 0 heterocycles. The van der Waals surface area contributed by atoms with Crippen LogP contribution in [-0.2, 0) is 4.79 Å². The molecule has 0 aromatic heterocycles. The zero-order valence-corrected chi connectivity index (χ0v) is 19.5. The molecule has 0 atom stereocenters. The lowest BCUT2D eigenvalue weighted by molar-refractivity contribution is -0.114. The van der Waals surface area contributed by atoms with E-state index in [2.05, 4.69) is 25.2 Å². The molecule has 168 valence electrons. The second kappa shape index (κ2) is 23.2. The maximum Gasteiger partial charge on any atom is 0.244 e. The fourth-order valence-electron chi connectivity index (χ4n) is 3.01. The highest BCUT2D eigenvalue weighted by atomic mass is 16.1. The van der Waals surface area contributed by atoms with Crippen LogP contribution in [0, 0.1) is 0 Å². The van der Waals surface area contributed by atoms with E-state index in [0.29, 0.717) is 5.57 Å². The van der Waals surface area contributed by atoms with Crippen LogP contribution in [0.2, 0.25) is 0 Å². The summed E-state index contributed by atoms with van der Waals surface area (Å²) < 4.78 is 0. The number of carbonyl (C=O) groups is 1. The number of amides is 1. The van der Waals surface area contributed by atoms with E-state index in [1.807, 2.05) is 36.5 Å². The number of carbonyl (C=O) groups excluding carboxylic acids is 1. The van der Waals surface area contributed by atoms with E-state index in [0.717, 1.165) is 0 Å². The van der Waals surface area contributed by atoms with Crippen molar-refractivity contribution < 1.29 is 4.79 Å². The largest absolute Gasteiger partial charge is 0.366 e. The molecule has 0 radical (unpaired) electrons. The minimum Gasteiger partial charge on any atom is -0.366 e. The number of nitrogens with two attached hydrogens (primary N) is 1. The highest BCUT2D eigenvalue weighted by Crippen LogP contribution is 2.12. The molecule has 0 rings (SSSR count). The van der Waals surface area contributed by atoms with Crippen LogP contribution in [0.5, 0.6) is 0 Å². The van der Waals surface area contributed by atoms with Crippen molar-refractivity contribution >= 4 is 5.91 Å². The fraction of sp³-hybridized carbons (Fsp3) is 0.536. The van der Waals surface area contributed by atoms with E-state index in [9.17, 15) is 4.79 Å². The Hall–Kier alpha value is -2.09. The van der Waals surface area contributed by atoms with Crippen LogP contribution < -0.4 is 5.73 Å². The third-order valence-corrected chi connectivity index (χ3v) is 4.98. The third kappa shape index (κ3) is 22.2. The van der Waals surface area contributed by atoms with Gasteiger partial charge in [-0.3, -0.25) is 4.79 Å². The van der Waals surface area contributed by atoms with Gasteiger partial charge in [0.05, 0.1) is 0 Å². The van der Waals surface area contributed by atoms with E-state index in [1.165, 1.54) is 83.5 Å². The lowest BCUT2D eigenvalue weighted by Crippen LogP contribution is -2.11. The fourth-order valence-corrected chi connectivity index (χ4v) is 3.01. The molecule has 0 spiro atoms. The van der Waals surface area contributed by atoms with E-state index in [-0.39, 0.29) is 5.91 Å². The number of allylic oxidation sites excluding steroid dienone is 11. The molecule has 0 fully saturated rings. The van der Waals surface area contributed by atoms with Gasteiger partial charge in [0.15, 0.2) is 0 Å². The highest BCUT2D eigenvalue weighted by molar-refractivity contribution is 5.91. The van der Waals surface area contributed by atoms with Gasteiger partial charge in [0.2, 0.25) is 5.91 Å². The Balaban J connectivity index is 3.51. The van der Waals surface area contributed by atoms with E-state index in [1.54, 1.807) is 19.1 Å². The van der Waals surface area contributed by atoms with E-state index >= 15 is 0 Å². The molecule has 0 aliphatic rings. The number of unbranched alkanes of at least 4 members (excludes halogenated alkanes) is 12. The quantitative estimate of drug-likeness (QED) is 0.130. The summed E-state index contributed by atoms with van der Waals surface area (Å²) in [7, 11) is 0. The smallest absolute Gasteiger partial charge is 0.244 e. The minimum atomic E-state index is -0.388. The van der Waals surface area contributed by atoms with Crippen LogP contribution in [0.25, 0.3) is 0 Å². The molecule has 0 saturated heterocycles. The summed E-state index contributed by atoms with van der Waals surface area (Å²) >= 11 is 0. The molecule has 0 aliphatic heterocycles. The lowest BCUT2D eigenvalue weighted by atomic mass is 10.0. The zero-order valence-electron chi connectivity index (χ0n) is 19.5. The van der Waals surface area contributed by atoms with Gasteiger partial charge in [-0.15, -0.1) is 0 Å². The summed E-state index contributed by atoms with van der Waals surface area (Å²) in [6, 6.07) is 0. The molecule has 0 aliphatic carbocycles. The summed E-state index contributed by atoms with van der Waals surface area (Å²) in [6.07, 6.45) is 39.7. The van der Waals surface area contributed by atoms with Crippen molar-refractivity contribution in [2.75, 3.05) is 0 Å². The van der Waals surface area contributed by atoms with Crippen LogP contribution in [0.1, 0.15) is 97.3 Å². The van der Waals surface area contributed by atoms with Crippen LogP contribution in [-0.4, -0.2) is 5.91 Å². The Morgan fingerprint density at radius 1 is 0.600 bits per heavy atom. The highest BCUT2D eigenvalue weighted by Gasteiger charge is 1.93. The molecule has 0 aromatic rings. The first-order chi connectivity index (χ1) is 14.7. The topological polar surface area (TPSA) is 43.1 Å². The molecule has 0 bridgehead atoms. The molecular formula is C28H45NO. The van der Waals surface area contributed by atoms with Crippen LogP contribution in [0.4, 0.5) is 0 Å². The van der Waals surface area contributed by atoms with Gasteiger partial charge in [0.1, 0.15) is 0 Å². The van der Waals surface area contributed by atoms with Gasteiger partial charge in [-0.25, -0.2) is 0 Å². The van der Waals surface area contributed by atoms with Gasteiger partial charge in [-0.05, 0) is 19.8 Å². The van der Waals surface area contributed by atoms with Crippen LogP contribution >= 0.6 is 0 Å². The van der Waals surface area contributed by atoms with Crippen molar-refractivity contribution in [1.29, 1.82) is 0 Å². The van der Waals surface area contributed by atoms with Gasteiger partial charge < -0.3 is 5.73 Å². The predicted molar refractivity (Wildman–Crippen MR) is 134 cm³/mol. The van der Waals surface area contributed by atoms with Gasteiger partial charge in [-0.2, -0.15) is 0 Å². The first-order valence-electron chi connectivity index (χ1n) is 12.0. The molecule has 0 aromatic carbocycles. The van der Waals surface area contributed by atoms with Gasteiger partial charge >= 0.3 is 0 Å². The summed E-state index contributed by atoms with van der Waals surface area (Å²) in [4.78, 5) is 10.8. The number of hydrogen-bond donors (Lipinski definition) is 1. The summed E-state index contributed by atoms with van der Waals surface area (Å²) in [6.45, 7) is 3.98. The number of rotatable bonds is 19. The Morgan fingerprint density at radius 2 is 1.00 bits per heavy atom.